The third-order valence-corrected chi connectivity index (χ3v) is 3.54. The predicted octanol–water partition coefficient (Wildman–Crippen LogP) is -1.34. The van der Waals surface area contributed by atoms with Gasteiger partial charge in [-0.3, -0.25) is 0 Å². The first-order chi connectivity index (χ1) is 11.0. The van der Waals surface area contributed by atoms with E-state index in [-0.39, 0.29) is 0 Å². The summed E-state index contributed by atoms with van der Waals surface area (Å²) in [5, 5.41) is 33.9. The van der Waals surface area contributed by atoms with E-state index in [0.717, 1.165) is 0 Å². The van der Waals surface area contributed by atoms with Gasteiger partial charge in [-0.1, -0.05) is 0 Å². The topological polar surface area (TPSA) is 129 Å². The minimum atomic E-state index is -1.22. The second-order valence-corrected chi connectivity index (χ2v) is 5.46. The highest BCUT2D eigenvalue weighted by Crippen LogP contribution is 2.32. The molecule has 0 aliphatic carbocycles. The van der Waals surface area contributed by atoms with E-state index in [4.69, 9.17) is 4.74 Å². The SMILES string of the molecule is CN(C)C=Nc1ncnc2c1cnn2C1O[C@H](CO)[C@@H](O)[C@H]1O. The van der Waals surface area contributed by atoms with Gasteiger partial charge in [-0.25, -0.2) is 19.6 Å². The van der Waals surface area contributed by atoms with Crippen LogP contribution in [0.25, 0.3) is 11.0 Å². The Balaban J connectivity index is 1.99. The highest BCUT2D eigenvalue weighted by molar-refractivity contribution is 5.86. The molecule has 1 saturated heterocycles. The normalized spacial score (nSPS) is 28.0. The van der Waals surface area contributed by atoms with Gasteiger partial charge in [-0.05, 0) is 0 Å². The Hall–Kier alpha value is -2.14. The molecule has 0 spiro atoms. The standard InChI is InChI=1S/C13H18N6O4/c1-18(2)6-16-11-7-3-17-19(12(7)15-5-14-11)13-10(22)9(21)8(4-20)23-13/h3,5-6,8-10,13,20-22H,4H2,1-2H3/t8-,9-,10-,13?/m1/s1. The number of aliphatic hydroxyl groups is 3. The van der Waals surface area contributed by atoms with Gasteiger partial charge in [0.1, 0.15) is 24.6 Å². The van der Waals surface area contributed by atoms with Crippen molar-refractivity contribution >= 4 is 23.2 Å². The summed E-state index contributed by atoms with van der Waals surface area (Å²) in [6.45, 7) is -0.401. The lowest BCUT2D eigenvalue weighted by Gasteiger charge is -2.15. The molecular formula is C13H18N6O4. The zero-order valence-corrected chi connectivity index (χ0v) is 12.7. The summed E-state index contributed by atoms with van der Waals surface area (Å²) in [6.07, 6.45) is 0.223. The van der Waals surface area contributed by atoms with Crippen LogP contribution < -0.4 is 0 Å². The second kappa shape index (κ2) is 6.16. The van der Waals surface area contributed by atoms with E-state index in [2.05, 4.69) is 20.1 Å². The van der Waals surface area contributed by atoms with E-state index in [1.54, 1.807) is 11.2 Å². The van der Waals surface area contributed by atoms with Gasteiger partial charge >= 0.3 is 0 Å². The fourth-order valence-electron chi connectivity index (χ4n) is 2.39. The first-order valence-corrected chi connectivity index (χ1v) is 7.04. The second-order valence-electron chi connectivity index (χ2n) is 5.46. The van der Waals surface area contributed by atoms with Gasteiger partial charge in [0, 0.05) is 14.1 Å². The maximum absolute atomic E-state index is 10.1. The smallest absolute Gasteiger partial charge is 0.181 e. The van der Waals surface area contributed by atoms with Crippen LogP contribution in [0.4, 0.5) is 5.82 Å². The number of rotatable bonds is 4. The Labute approximate surface area is 131 Å². The summed E-state index contributed by atoms with van der Waals surface area (Å²) in [5.41, 5.74) is 0.417. The lowest BCUT2D eigenvalue weighted by molar-refractivity contribution is -0.0566. The van der Waals surface area contributed by atoms with Crippen molar-refractivity contribution in [3.63, 3.8) is 0 Å². The van der Waals surface area contributed by atoms with Crippen molar-refractivity contribution in [1.82, 2.24) is 24.6 Å². The monoisotopic (exact) mass is 322 g/mol. The summed E-state index contributed by atoms with van der Waals surface area (Å²) in [6, 6.07) is 0. The summed E-state index contributed by atoms with van der Waals surface area (Å²) in [7, 11) is 3.68. The lowest BCUT2D eigenvalue weighted by atomic mass is 10.1. The first-order valence-electron chi connectivity index (χ1n) is 7.04. The molecule has 4 atom stereocenters. The van der Waals surface area contributed by atoms with Gasteiger partial charge in [0.15, 0.2) is 17.7 Å². The van der Waals surface area contributed by atoms with Crippen molar-refractivity contribution in [3.8, 4) is 0 Å². The van der Waals surface area contributed by atoms with Crippen molar-refractivity contribution in [3.05, 3.63) is 12.5 Å². The van der Waals surface area contributed by atoms with E-state index >= 15 is 0 Å². The highest BCUT2D eigenvalue weighted by atomic mass is 16.6. The number of nitrogens with zero attached hydrogens (tertiary/aromatic N) is 6. The number of hydrogen-bond acceptors (Lipinski definition) is 8. The van der Waals surface area contributed by atoms with Crippen LogP contribution in [0.5, 0.6) is 0 Å². The quantitative estimate of drug-likeness (QED) is 0.466. The number of aromatic nitrogens is 4. The Kier molecular flexibility index (Phi) is 4.22. The molecule has 2 aromatic rings. The zero-order chi connectivity index (χ0) is 16.6. The molecule has 2 aromatic heterocycles. The van der Waals surface area contributed by atoms with Crippen molar-refractivity contribution in [2.24, 2.45) is 4.99 Å². The third-order valence-electron chi connectivity index (χ3n) is 3.54. The van der Waals surface area contributed by atoms with E-state index < -0.39 is 31.1 Å². The van der Waals surface area contributed by atoms with Crippen LogP contribution in [-0.4, -0.2) is 85.3 Å². The molecule has 1 aliphatic rings. The van der Waals surface area contributed by atoms with Crippen LogP contribution in [0.2, 0.25) is 0 Å². The summed E-state index contributed by atoms with van der Waals surface area (Å²) < 4.78 is 6.83. The summed E-state index contributed by atoms with van der Waals surface area (Å²) in [5.74, 6) is 0.432. The molecule has 1 aliphatic heterocycles. The maximum Gasteiger partial charge on any atom is 0.181 e. The summed E-state index contributed by atoms with van der Waals surface area (Å²) >= 11 is 0. The predicted molar refractivity (Wildman–Crippen MR) is 80.2 cm³/mol. The molecule has 3 N–H and O–H groups in total. The van der Waals surface area contributed by atoms with Gasteiger partial charge in [0.2, 0.25) is 0 Å². The number of aliphatic imine (C=N–C) groups is 1. The van der Waals surface area contributed by atoms with Crippen LogP contribution in [0.3, 0.4) is 0 Å². The Morgan fingerprint density at radius 1 is 1.35 bits per heavy atom. The molecule has 0 amide bonds. The van der Waals surface area contributed by atoms with E-state index in [1.165, 1.54) is 17.2 Å². The third kappa shape index (κ3) is 2.77. The van der Waals surface area contributed by atoms with E-state index in [1.807, 2.05) is 14.1 Å². The molecule has 124 valence electrons. The van der Waals surface area contributed by atoms with Crippen molar-refractivity contribution in [2.75, 3.05) is 20.7 Å². The molecule has 10 heteroatoms. The molecule has 1 unspecified atom stereocenters. The molecule has 0 bridgehead atoms. The van der Waals surface area contributed by atoms with Gasteiger partial charge in [-0.15, -0.1) is 0 Å². The Morgan fingerprint density at radius 2 is 2.13 bits per heavy atom. The van der Waals surface area contributed by atoms with Crippen molar-refractivity contribution in [2.45, 2.75) is 24.5 Å². The van der Waals surface area contributed by atoms with Crippen LogP contribution in [0, 0.1) is 0 Å². The van der Waals surface area contributed by atoms with Crippen LogP contribution >= 0.6 is 0 Å². The lowest BCUT2D eigenvalue weighted by Crippen LogP contribution is -2.33. The minimum Gasteiger partial charge on any atom is -0.394 e. The largest absolute Gasteiger partial charge is 0.394 e. The van der Waals surface area contributed by atoms with Gasteiger partial charge in [0.05, 0.1) is 24.5 Å². The fraction of sp³-hybridized carbons (Fsp3) is 0.538. The van der Waals surface area contributed by atoms with Crippen molar-refractivity contribution in [1.29, 1.82) is 0 Å². The number of aliphatic hydroxyl groups excluding tert-OH is 3. The number of ether oxygens (including phenoxy) is 1. The van der Waals surface area contributed by atoms with E-state index in [0.29, 0.717) is 16.9 Å². The van der Waals surface area contributed by atoms with Crippen molar-refractivity contribution < 1.29 is 20.1 Å². The number of hydrogen-bond donors (Lipinski definition) is 3. The average Bonchev–Trinajstić information content (AvgIpc) is 3.08. The molecule has 0 radical (unpaired) electrons. The minimum absolute atomic E-state index is 0.401. The fourth-order valence-corrected chi connectivity index (χ4v) is 2.39. The van der Waals surface area contributed by atoms with Gasteiger partial charge in [-0.2, -0.15) is 5.10 Å². The molecule has 23 heavy (non-hydrogen) atoms. The molecule has 1 fully saturated rings. The Bertz CT molecular complexity index is 718. The van der Waals surface area contributed by atoms with Crippen LogP contribution in [0.1, 0.15) is 6.23 Å². The van der Waals surface area contributed by atoms with Crippen LogP contribution in [-0.2, 0) is 4.74 Å². The van der Waals surface area contributed by atoms with Gasteiger partial charge < -0.3 is 25.0 Å². The molecule has 0 saturated carbocycles. The molecule has 3 rings (SSSR count). The maximum atomic E-state index is 10.1. The Morgan fingerprint density at radius 3 is 2.78 bits per heavy atom. The average molecular weight is 322 g/mol. The van der Waals surface area contributed by atoms with Gasteiger partial charge in [0.25, 0.3) is 0 Å². The molecule has 3 heterocycles. The van der Waals surface area contributed by atoms with E-state index in [9.17, 15) is 15.3 Å². The summed E-state index contributed by atoms with van der Waals surface area (Å²) in [4.78, 5) is 14.3. The first kappa shape index (κ1) is 15.7. The molecule has 0 aromatic carbocycles. The number of fused-ring (bicyclic) bond motifs is 1. The molecule has 10 nitrogen and oxygen atoms in total. The molecular weight excluding hydrogens is 304 g/mol. The zero-order valence-electron chi connectivity index (χ0n) is 12.7. The highest BCUT2D eigenvalue weighted by Gasteiger charge is 2.44. The van der Waals surface area contributed by atoms with Crippen LogP contribution in [0.15, 0.2) is 17.5 Å².